The van der Waals surface area contributed by atoms with E-state index in [1.165, 1.54) is 43.9 Å². The highest BCUT2D eigenvalue weighted by Crippen LogP contribution is 2.50. The van der Waals surface area contributed by atoms with Gasteiger partial charge < -0.3 is 4.90 Å². The molecule has 2 saturated heterocycles. The van der Waals surface area contributed by atoms with E-state index in [0.717, 1.165) is 51.2 Å². The Morgan fingerprint density at radius 1 is 1.09 bits per heavy atom. The minimum Gasteiger partial charge on any atom is -0.370 e. The van der Waals surface area contributed by atoms with Crippen LogP contribution in [0.2, 0.25) is 5.02 Å². The quantitative estimate of drug-likeness (QED) is 0.610. The summed E-state index contributed by atoms with van der Waals surface area (Å²) in [6.07, 6.45) is 7.09. The highest BCUT2D eigenvalue weighted by Gasteiger charge is 2.50. The van der Waals surface area contributed by atoms with E-state index >= 15 is 4.39 Å². The van der Waals surface area contributed by atoms with Crippen molar-refractivity contribution in [3.05, 3.63) is 47.1 Å². The minimum absolute atomic E-state index is 0.178. The Kier molecular flexibility index (Phi) is 5.99. The standard InChI is InChI=1S/C23H27ClF2N4O2S/c24-16-13-19(33(31,32)28-22-7-3-6-21(26)27-22)17(25)14-18(16)30-12-9-23(15-30)8-4-5-20(23)29-10-1-2-11-29/h3,6-7,13-14,20H,1-2,4-5,8-12,15H2,(H,27,28)/t20-,23-/m0/s1. The Bertz CT molecular complexity index is 1160. The normalized spacial score (nSPS) is 25.9. The average Bonchev–Trinajstić information content (AvgIpc) is 3.51. The van der Waals surface area contributed by atoms with Crippen LogP contribution < -0.4 is 9.62 Å². The highest BCUT2D eigenvalue weighted by molar-refractivity contribution is 7.92. The lowest BCUT2D eigenvalue weighted by Gasteiger charge is -2.38. The van der Waals surface area contributed by atoms with Gasteiger partial charge >= 0.3 is 0 Å². The van der Waals surface area contributed by atoms with Gasteiger partial charge in [-0.05, 0) is 63.4 Å². The second-order valence-corrected chi connectivity index (χ2v) is 11.4. The van der Waals surface area contributed by atoms with Crippen molar-refractivity contribution in [1.82, 2.24) is 9.88 Å². The molecule has 0 bridgehead atoms. The van der Waals surface area contributed by atoms with Crippen LogP contribution in [-0.2, 0) is 10.0 Å². The Balaban J connectivity index is 1.38. The molecule has 5 rings (SSSR count). The molecule has 3 heterocycles. The molecule has 1 aromatic carbocycles. The lowest BCUT2D eigenvalue weighted by Crippen LogP contribution is -2.44. The van der Waals surface area contributed by atoms with Gasteiger partial charge in [0, 0.05) is 30.6 Å². The van der Waals surface area contributed by atoms with Crippen molar-refractivity contribution in [2.24, 2.45) is 5.41 Å². The molecule has 10 heteroatoms. The number of pyridine rings is 1. The number of sulfonamides is 1. The third-order valence-corrected chi connectivity index (χ3v) is 9.08. The number of nitrogens with zero attached hydrogens (tertiary/aromatic N) is 3. The molecular formula is C23H27ClF2N4O2S. The van der Waals surface area contributed by atoms with Crippen LogP contribution >= 0.6 is 11.6 Å². The maximum Gasteiger partial charge on any atom is 0.266 e. The first kappa shape index (κ1) is 22.8. The van der Waals surface area contributed by atoms with Crippen molar-refractivity contribution >= 4 is 33.1 Å². The van der Waals surface area contributed by atoms with Crippen LogP contribution in [0.15, 0.2) is 35.2 Å². The molecule has 3 fully saturated rings. The van der Waals surface area contributed by atoms with Crippen LogP contribution in [0.25, 0.3) is 0 Å². The molecule has 0 amide bonds. The first-order valence-corrected chi connectivity index (χ1v) is 13.3. The van der Waals surface area contributed by atoms with E-state index in [4.69, 9.17) is 11.6 Å². The van der Waals surface area contributed by atoms with Crippen LogP contribution in [0, 0.1) is 17.2 Å². The third-order valence-electron chi connectivity index (χ3n) is 7.41. The fourth-order valence-corrected chi connectivity index (χ4v) is 7.38. The average molecular weight is 497 g/mol. The predicted molar refractivity (Wildman–Crippen MR) is 124 cm³/mol. The van der Waals surface area contributed by atoms with E-state index in [2.05, 4.69) is 19.5 Å². The SMILES string of the molecule is O=S(=O)(Nc1cccc(F)n1)c1cc(Cl)c(N2CC[C@@]3(CCC[C@@H]3N3CCCC3)C2)cc1F. The summed E-state index contributed by atoms with van der Waals surface area (Å²) in [5.74, 6) is -1.97. The number of anilines is 2. The summed E-state index contributed by atoms with van der Waals surface area (Å²) < 4.78 is 55.9. The zero-order valence-corrected chi connectivity index (χ0v) is 19.8. The van der Waals surface area contributed by atoms with Crippen molar-refractivity contribution in [3.63, 3.8) is 0 Å². The molecule has 2 atom stereocenters. The maximum absolute atomic E-state index is 15.0. The van der Waals surface area contributed by atoms with E-state index in [9.17, 15) is 12.8 Å². The number of nitrogens with one attached hydrogen (secondary N) is 1. The predicted octanol–water partition coefficient (Wildman–Crippen LogP) is 4.66. The highest BCUT2D eigenvalue weighted by atomic mass is 35.5. The molecule has 0 radical (unpaired) electrons. The minimum atomic E-state index is -4.33. The Hall–Kier alpha value is -1.97. The molecule has 2 aromatic rings. The van der Waals surface area contributed by atoms with Crippen LogP contribution in [0.1, 0.15) is 38.5 Å². The molecule has 1 N–H and O–H groups in total. The Morgan fingerprint density at radius 2 is 1.88 bits per heavy atom. The molecule has 2 aliphatic heterocycles. The molecule has 33 heavy (non-hydrogen) atoms. The van der Waals surface area contributed by atoms with Gasteiger partial charge in [-0.3, -0.25) is 9.62 Å². The fraction of sp³-hybridized carbons (Fsp3) is 0.522. The molecule has 1 saturated carbocycles. The zero-order valence-electron chi connectivity index (χ0n) is 18.2. The second-order valence-electron chi connectivity index (χ2n) is 9.37. The van der Waals surface area contributed by atoms with E-state index in [1.807, 2.05) is 0 Å². The Morgan fingerprint density at radius 3 is 2.64 bits per heavy atom. The van der Waals surface area contributed by atoms with Gasteiger partial charge in [-0.25, -0.2) is 17.8 Å². The van der Waals surface area contributed by atoms with Gasteiger partial charge in [0.15, 0.2) is 0 Å². The molecule has 1 spiro atoms. The van der Waals surface area contributed by atoms with Crippen molar-refractivity contribution in [1.29, 1.82) is 0 Å². The Labute approximate surface area is 198 Å². The number of aromatic nitrogens is 1. The van der Waals surface area contributed by atoms with Crippen LogP contribution in [0.5, 0.6) is 0 Å². The van der Waals surface area contributed by atoms with E-state index < -0.39 is 26.7 Å². The van der Waals surface area contributed by atoms with E-state index in [-0.39, 0.29) is 16.3 Å². The van der Waals surface area contributed by atoms with E-state index in [1.54, 1.807) is 0 Å². The van der Waals surface area contributed by atoms with Crippen LogP contribution in [-0.4, -0.2) is 50.5 Å². The van der Waals surface area contributed by atoms with Crippen molar-refractivity contribution < 1.29 is 17.2 Å². The smallest absolute Gasteiger partial charge is 0.266 e. The van der Waals surface area contributed by atoms with Crippen LogP contribution in [0.4, 0.5) is 20.3 Å². The van der Waals surface area contributed by atoms with Gasteiger partial charge in [0.2, 0.25) is 5.95 Å². The van der Waals surface area contributed by atoms with Gasteiger partial charge in [0.25, 0.3) is 10.0 Å². The lowest BCUT2D eigenvalue weighted by atomic mass is 9.81. The van der Waals surface area contributed by atoms with Crippen molar-refractivity contribution in [3.8, 4) is 0 Å². The molecule has 1 aromatic heterocycles. The molecule has 0 unspecified atom stereocenters. The summed E-state index contributed by atoms with van der Waals surface area (Å²) in [5, 5.41) is 0.178. The molecule has 3 aliphatic rings. The summed E-state index contributed by atoms with van der Waals surface area (Å²) in [6, 6.07) is 6.58. The molecule has 6 nitrogen and oxygen atoms in total. The monoisotopic (exact) mass is 496 g/mol. The van der Waals surface area contributed by atoms with E-state index in [0.29, 0.717) is 11.7 Å². The van der Waals surface area contributed by atoms with Gasteiger partial charge in [0.05, 0.1) is 10.7 Å². The lowest BCUT2D eigenvalue weighted by molar-refractivity contribution is 0.126. The topological polar surface area (TPSA) is 65.5 Å². The summed E-state index contributed by atoms with van der Waals surface area (Å²) in [7, 11) is -4.33. The van der Waals surface area contributed by atoms with Crippen molar-refractivity contribution in [2.75, 3.05) is 35.8 Å². The molecular weight excluding hydrogens is 470 g/mol. The summed E-state index contributed by atoms with van der Waals surface area (Å²) in [5.41, 5.74) is 0.695. The number of hydrogen-bond acceptors (Lipinski definition) is 5. The number of halogens is 3. The van der Waals surface area contributed by atoms with Gasteiger partial charge in [-0.2, -0.15) is 4.39 Å². The first-order chi connectivity index (χ1) is 15.8. The zero-order chi connectivity index (χ0) is 23.2. The van der Waals surface area contributed by atoms with Crippen molar-refractivity contribution in [2.45, 2.75) is 49.5 Å². The largest absolute Gasteiger partial charge is 0.370 e. The molecule has 178 valence electrons. The summed E-state index contributed by atoms with van der Waals surface area (Å²) >= 11 is 6.49. The number of benzene rings is 1. The van der Waals surface area contributed by atoms with Crippen LogP contribution in [0.3, 0.4) is 0 Å². The number of likely N-dealkylation sites (tertiary alicyclic amines) is 1. The van der Waals surface area contributed by atoms with Gasteiger partial charge in [-0.1, -0.05) is 24.1 Å². The van der Waals surface area contributed by atoms with Gasteiger partial charge in [-0.15, -0.1) is 0 Å². The fourth-order valence-electron chi connectivity index (χ4n) is 5.95. The summed E-state index contributed by atoms with van der Waals surface area (Å²) in [4.78, 5) is 7.60. The number of hydrogen-bond donors (Lipinski definition) is 1. The van der Waals surface area contributed by atoms with Gasteiger partial charge in [0.1, 0.15) is 16.5 Å². The molecule has 1 aliphatic carbocycles. The number of rotatable bonds is 5. The summed E-state index contributed by atoms with van der Waals surface area (Å²) in [6.45, 7) is 3.87. The second kappa shape index (κ2) is 8.67. The first-order valence-electron chi connectivity index (χ1n) is 11.4. The third kappa shape index (κ3) is 4.31. The maximum atomic E-state index is 15.0.